The van der Waals surface area contributed by atoms with Gasteiger partial charge in [-0.05, 0) is 44.4 Å². The Bertz CT molecular complexity index is 946. The maximum Gasteiger partial charge on any atom is 0.143 e. The van der Waals surface area contributed by atoms with E-state index in [1.807, 2.05) is 60.7 Å². The van der Waals surface area contributed by atoms with Gasteiger partial charge in [0.2, 0.25) is 0 Å². The molecule has 0 spiro atoms. The zero-order valence-electron chi connectivity index (χ0n) is 19.6. The number of hydrogen-bond acceptors (Lipinski definition) is 3. The van der Waals surface area contributed by atoms with Crippen molar-refractivity contribution in [1.82, 2.24) is 0 Å². The first kappa shape index (κ1) is 23.6. The summed E-state index contributed by atoms with van der Waals surface area (Å²) >= 11 is 0. The fourth-order valence-electron chi connectivity index (χ4n) is 7.14. The van der Waals surface area contributed by atoms with Crippen molar-refractivity contribution >= 4 is 24.9 Å². The predicted octanol–water partition coefficient (Wildman–Crippen LogP) is 6.39. The molecule has 3 atom stereocenters. The lowest BCUT2D eigenvalue weighted by Crippen LogP contribution is -2.26. The van der Waals surface area contributed by atoms with Crippen molar-refractivity contribution in [3.8, 4) is 0 Å². The molecule has 178 valence electrons. The molecule has 0 amide bonds. The first-order valence-electron chi connectivity index (χ1n) is 13.0. The molecule has 3 aliphatic carbocycles. The summed E-state index contributed by atoms with van der Waals surface area (Å²) in [5, 5.41) is 12.9. The van der Waals surface area contributed by atoms with E-state index in [2.05, 4.69) is 0 Å². The summed E-state index contributed by atoms with van der Waals surface area (Å²) < 4.78 is 29.4. The monoisotopic (exact) mass is 484 g/mol. The topological polar surface area (TPSA) is 54.4 Å². The summed E-state index contributed by atoms with van der Waals surface area (Å²) in [5.74, 6) is -0.0580. The molecule has 2 aromatic carbocycles. The van der Waals surface area contributed by atoms with Crippen molar-refractivity contribution in [2.75, 3.05) is 6.16 Å². The minimum Gasteiger partial charge on any atom is -0.393 e. The molecule has 3 saturated carbocycles. The third-order valence-corrected chi connectivity index (χ3v) is 17.0. The zero-order chi connectivity index (χ0) is 22.9. The van der Waals surface area contributed by atoms with E-state index in [1.165, 1.54) is 25.7 Å². The number of aliphatic hydroxyl groups excluding tert-OH is 1. The van der Waals surface area contributed by atoms with Crippen LogP contribution in [0.1, 0.15) is 64.2 Å². The van der Waals surface area contributed by atoms with Crippen molar-refractivity contribution in [3.05, 3.63) is 60.7 Å². The van der Waals surface area contributed by atoms with Crippen molar-refractivity contribution in [2.24, 2.45) is 5.92 Å². The molecule has 2 aromatic rings. The highest BCUT2D eigenvalue weighted by atomic mass is 31.2. The van der Waals surface area contributed by atoms with E-state index in [0.29, 0.717) is 23.9 Å². The highest BCUT2D eigenvalue weighted by molar-refractivity contribution is 7.78. The van der Waals surface area contributed by atoms with Crippen LogP contribution >= 0.6 is 14.3 Å². The van der Waals surface area contributed by atoms with Crippen LogP contribution in [-0.2, 0) is 9.13 Å². The van der Waals surface area contributed by atoms with Gasteiger partial charge in [-0.1, -0.05) is 86.3 Å². The van der Waals surface area contributed by atoms with Crippen LogP contribution in [-0.4, -0.2) is 34.3 Å². The standard InChI is InChI=1S/C28H38O3P2/c29-28-20-27(33(31,25-15-7-8-16-25)26-17-9-10-18-26)19-22(28)21-32(30,23-11-3-1-4-12-23)24-13-5-2-6-14-24/h1-6,11-14,22,25-29H,7-10,15-21H2/t22-,27+,28+/m0/s1. The van der Waals surface area contributed by atoms with Crippen LogP contribution in [0.2, 0.25) is 0 Å². The Morgan fingerprint density at radius 2 is 1.12 bits per heavy atom. The van der Waals surface area contributed by atoms with Gasteiger partial charge in [-0.25, -0.2) is 0 Å². The SMILES string of the molecule is O=P(C[C@@H]1C[C@@H](P(=O)(C2CCCC2)C2CCCC2)C[C@H]1O)(c1ccccc1)c1ccccc1. The molecule has 0 aromatic heterocycles. The third-order valence-electron chi connectivity index (χ3n) is 8.83. The van der Waals surface area contributed by atoms with Crippen LogP contribution in [0.4, 0.5) is 0 Å². The molecule has 0 saturated heterocycles. The normalized spacial score (nSPS) is 27.4. The molecular formula is C28H38O3P2. The first-order chi connectivity index (χ1) is 16.0. The number of aliphatic hydroxyl groups is 1. The Hall–Kier alpha value is -1.14. The maximum atomic E-state index is 14.8. The molecule has 5 heteroatoms. The van der Waals surface area contributed by atoms with Gasteiger partial charge >= 0.3 is 0 Å². The van der Waals surface area contributed by atoms with Gasteiger partial charge in [0.15, 0.2) is 0 Å². The molecule has 0 bridgehead atoms. The van der Waals surface area contributed by atoms with E-state index in [4.69, 9.17) is 0 Å². The second kappa shape index (κ2) is 9.85. The van der Waals surface area contributed by atoms with Crippen molar-refractivity contribution in [3.63, 3.8) is 0 Å². The van der Waals surface area contributed by atoms with Gasteiger partial charge in [-0.2, -0.15) is 0 Å². The van der Waals surface area contributed by atoms with E-state index in [1.54, 1.807) is 0 Å². The summed E-state index contributed by atoms with van der Waals surface area (Å²) in [6.07, 6.45) is 10.6. The lowest BCUT2D eigenvalue weighted by molar-refractivity contribution is 0.142. The predicted molar refractivity (Wildman–Crippen MR) is 139 cm³/mol. The van der Waals surface area contributed by atoms with E-state index in [0.717, 1.165) is 42.7 Å². The van der Waals surface area contributed by atoms with Crippen LogP contribution in [0.5, 0.6) is 0 Å². The van der Waals surface area contributed by atoms with Crippen molar-refractivity contribution < 1.29 is 14.2 Å². The van der Waals surface area contributed by atoms with E-state index in [9.17, 15) is 14.2 Å². The maximum absolute atomic E-state index is 14.8. The molecule has 3 aliphatic rings. The van der Waals surface area contributed by atoms with Gasteiger partial charge in [0.05, 0.1) is 13.2 Å². The summed E-state index contributed by atoms with van der Waals surface area (Å²) in [4.78, 5) is 0. The summed E-state index contributed by atoms with van der Waals surface area (Å²) in [6.45, 7) is 0. The molecular weight excluding hydrogens is 446 g/mol. The molecule has 0 radical (unpaired) electrons. The van der Waals surface area contributed by atoms with Gasteiger partial charge in [0.25, 0.3) is 0 Å². The second-order valence-electron chi connectivity index (χ2n) is 10.7. The Morgan fingerprint density at radius 3 is 1.58 bits per heavy atom. The molecule has 33 heavy (non-hydrogen) atoms. The number of rotatable bonds is 7. The van der Waals surface area contributed by atoms with E-state index < -0.39 is 20.4 Å². The fourth-order valence-corrected chi connectivity index (χ4v) is 15.5. The van der Waals surface area contributed by atoms with Gasteiger partial charge in [0.1, 0.15) is 7.14 Å². The first-order valence-corrected chi connectivity index (χ1v) is 16.8. The lowest BCUT2D eigenvalue weighted by Gasteiger charge is -2.35. The quantitative estimate of drug-likeness (QED) is 0.464. The highest BCUT2D eigenvalue weighted by Gasteiger charge is 2.52. The Labute approximate surface area is 199 Å². The van der Waals surface area contributed by atoms with Gasteiger partial charge in [0, 0.05) is 33.7 Å². The Balaban J connectivity index is 1.44. The molecule has 0 unspecified atom stereocenters. The van der Waals surface area contributed by atoms with Gasteiger partial charge in [-0.3, -0.25) is 0 Å². The van der Waals surface area contributed by atoms with E-state index >= 15 is 0 Å². The lowest BCUT2D eigenvalue weighted by atomic mass is 10.1. The Kier molecular flexibility index (Phi) is 7.04. The second-order valence-corrected chi connectivity index (χ2v) is 17.3. The van der Waals surface area contributed by atoms with E-state index in [-0.39, 0.29) is 11.6 Å². The van der Waals surface area contributed by atoms with Crippen molar-refractivity contribution in [1.29, 1.82) is 0 Å². The zero-order valence-corrected chi connectivity index (χ0v) is 21.4. The van der Waals surface area contributed by atoms with Crippen LogP contribution in [0.3, 0.4) is 0 Å². The summed E-state index contributed by atoms with van der Waals surface area (Å²) in [5.41, 5.74) is 0.849. The minimum absolute atomic E-state index is 0.0580. The molecule has 3 nitrogen and oxygen atoms in total. The van der Waals surface area contributed by atoms with Crippen molar-refractivity contribution in [2.45, 2.75) is 87.3 Å². The average molecular weight is 485 g/mol. The molecule has 1 N–H and O–H groups in total. The average Bonchev–Trinajstić information content (AvgIpc) is 3.63. The molecule has 3 fully saturated rings. The van der Waals surface area contributed by atoms with Gasteiger partial charge < -0.3 is 14.2 Å². The molecule has 0 aliphatic heterocycles. The molecule has 0 heterocycles. The van der Waals surface area contributed by atoms with Crippen LogP contribution in [0, 0.1) is 5.92 Å². The van der Waals surface area contributed by atoms with Crippen LogP contribution in [0.15, 0.2) is 60.7 Å². The third kappa shape index (κ3) is 4.47. The highest BCUT2D eigenvalue weighted by Crippen LogP contribution is 2.70. The smallest absolute Gasteiger partial charge is 0.143 e. The van der Waals surface area contributed by atoms with Crippen LogP contribution < -0.4 is 10.6 Å². The van der Waals surface area contributed by atoms with Gasteiger partial charge in [-0.15, -0.1) is 0 Å². The molecule has 5 rings (SSSR count). The largest absolute Gasteiger partial charge is 0.393 e. The fraction of sp³-hybridized carbons (Fsp3) is 0.571. The van der Waals surface area contributed by atoms with Crippen LogP contribution in [0.25, 0.3) is 0 Å². The summed E-state index contributed by atoms with van der Waals surface area (Å²) in [7, 11) is -5.29. The minimum atomic E-state index is -2.89. The number of benzene rings is 2. The summed E-state index contributed by atoms with van der Waals surface area (Å²) in [6, 6.07) is 19.6. The number of hydrogen-bond donors (Lipinski definition) is 1. The Morgan fingerprint density at radius 1 is 0.667 bits per heavy atom.